The molecule has 0 aliphatic heterocycles. The van der Waals surface area contributed by atoms with E-state index in [1.54, 1.807) is 18.0 Å². The van der Waals surface area contributed by atoms with Gasteiger partial charge in [0.25, 0.3) is 0 Å². The Morgan fingerprint density at radius 2 is 2.50 bits per heavy atom. The van der Waals surface area contributed by atoms with Crippen LogP contribution in [0.3, 0.4) is 0 Å². The summed E-state index contributed by atoms with van der Waals surface area (Å²) in [6.07, 6.45) is 2.60. The quantitative estimate of drug-likeness (QED) is 0.187. The Balaban J connectivity index is 2.27. The Kier molecular flexibility index (Phi) is 4.82. The largest absolute Gasteiger partial charge is 0.231 e. The second-order valence-corrected chi connectivity index (χ2v) is 3.70. The van der Waals surface area contributed by atoms with Crippen LogP contribution >= 0.6 is 11.8 Å². The third-order valence-corrected chi connectivity index (χ3v) is 2.42. The van der Waals surface area contributed by atoms with E-state index >= 15 is 0 Å². The van der Waals surface area contributed by atoms with Crippen LogP contribution < -0.4 is 0 Å². The summed E-state index contributed by atoms with van der Waals surface area (Å²) in [6, 6.07) is 1.87. The minimum atomic E-state index is 0.537. The van der Waals surface area contributed by atoms with Gasteiger partial charge in [0, 0.05) is 29.1 Å². The molecule has 1 rings (SSSR count). The molecule has 0 N–H and O–H groups in total. The normalized spacial score (nSPS) is 9.50. The minimum absolute atomic E-state index is 0.537. The molecule has 0 spiro atoms. The van der Waals surface area contributed by atoms with Crippen molar-refractivity contribution in [2.45, 2.75) is 18.5 Å². The third-order valence-electron chi connectivity index (χ3n) is 1.47. The smallest absolute Gasteiger partial charge is 0.187 e. The summed E-state index contributed by atoms with van der Waals surface area (Å²) in [5.74, 6) is 0.877. The lowest BCUT2D eigenvalue weighted by Crippen LogP contribution is -1.90. The molecule has 1 aromatic rings. The number of hydrogen-bond donors (Lipinski definition) is 0. The lowest BCUT2D eigenvalue weighted by molar-refractivity contribution is 0.907. The van der Waals surface area contributed by atoms with Crippen molar-refractivity contribution in [1.82, 2.24) is 9.97 Å². The van der Waals surface area contributed by atoms with E-state index in [0.717, 1.165) is 23.0 Å². The van der Waals surface area contributed by atoms with Gasteiger partial charge in [0.15, 0.2) is 5.16 Å². The van der Waals surface area contributed by atoms with E-state index in [2.05, 4.69) is 20.0 Å². The van der Waals surface area contributed by atoms with E-state index in [1.165, 1.54) is 0 Å². The van der Waals surface area contributed by atoms with Crippen molar-refractivity contribution in [2.24, 2.45) is 5.11 Å². The molecule has 1 heterocycles. The van der Waals surface area contributed by atoms with Crippen molar-refractivity contribution in [3.05, 3.63) is 28.4 Å². The first-order valence-corrected chi connectivity index (χ1v) is 5.25. The first kappa shape index (κ1) is 10.8. The molecule has 1 aromatic heterocycles. The summed E-state index contributed by atoms with van der Waals surface area (Å²) in [6.45, 7) is 2.47. The summed E-state index contributed by atoms with van der Waals surface area (Å²) < 4.78 is 0. The monoisotopic (exact) mass is 209 g/mol. The van der Waals surface area contributed by atoms with Gasteiger partial charge in [-0.2, -0.15) is 0 Å². The highest BCUT2D eigenvalue weighted by Gasteiger charge is 1.96. The number of aromatic nitrogens is 2. The van der Waals surface area contributed by atoms with Gasteiger partial charge in [0.05, 0.1) is 0 Å². The number of aryl methyl sites for hydroxylation is 1. The van der Waals surface area contributed by atoms with Crippen LogP contribution in [0.15, 0.2) is 22.5 Å². The molecule has 0 aromatic carbocycles. The Labute approximate surface area is 86.6 Å². The van der Waals surface area contributed by atoms with E-state index in [1.807, 2.05) is 13.0 Å². The highest BCUT2D eigenvalue weighted by Crippen LogP contribution is 2.13. The number of rotatable bonds is 5. The summed E-state index contributed by atoms with van der Waals surface area (Å²) >= 11 is 1.58. The van der Waals surface area contributed by atoms with Crippen LogP contribution in [0.2, 0.25) is 0 Å². The highest BCUT2D eigenvalue weighted by atomic mass is 32.2. The molecule has 0 amide bonds. The van der Waals surface area contributed by atoms with Gasteiger partial charge in [0.2, 0.25) is 0 Å². The average molecular weight is 209 g/mol. The Bertz CT molecular complexity index is 334. The molecule has 74 valence electrons. The predicted molar refractivity (Wildman–Crippen MR) is 56.1 cm³/mol. The molecule has 0 atom stereocenters. The summed E-state index contributed by atoms with van der Waals surface area (Å²) in [7, 11) is 0. The van der Waals surface area contributed by atoms with Crippen LogP contribution in [-0.4, -0.2) is 22.3 Å². The molecule has 5 nitrogen and oxygen atoms in total. The fraction of sp³-hybridized carbons (Fsp3) is 0.500. The topological polar surface area (TPSA) is 74.5 Å². The van der Waals surface area contributed by atoms with Gasteiger partial charge in [0.1, 0.15) is 0 Å². The van der Waals surface area contributed by atoms with Crippen molar-refractivity contribution in [2.75, 3.05) is 12.3 Å². The van der Waals surface area contributed by atoms with Gasteiger partial charge >= 0.3 is 0 Å². The molecule has 0 saturated carbocycles. The zero-order chi connectivity index (χ0) is 10.2. The highest BCUT2D eigenvalue weighted by molar-refractivity contribution is 7.99. The predicted octanol–water partition coefficient (Wildman–Crippen LogP) is 2.58. The molecule has 0 fully saturated rings. The lowest BCUT2D eigenvalue weighted by Gasteiger charge is -1.98. The van der Waals surface area contributed by atoms with E-state index in [4.69, 9.17) is 5.53 Å². The zero-order valence-electron chi connectivity index (χ0n) is 7.92. The van der Waals surface area contributed by atoms with E-state index < -0.39 is 0 Å². The molecular formula is C8H11N5S. The second kappa shape index (κ2) is 6.23. The van der Waals surface area contributed by atoms with Gasteiger partial charge in [-0.1, -0.05) is 16.9 Å². The van der Waals surface area contributed by atoms with Crippen LogP contribution in [0, 0.1) is 6.92 Å². The second-order valence-electron chi connectivity index (χ2n) is 2.64. The molecule has 0 saturated heterocycles. The Morgan fingerprint density at radius 3 is 3.21 bits per heavy atom. The molecule has 0 radical (unpaired) electrons. The van der Waals surface area contributed by atoms with Gasteiger partial charge in [-0.3, -0.25) is 0 Å². The fourth-order valence-electron chi connectivity index (χ4n) is 0.839. The fourth-order valence-corrected chi connectivity index (χ4v) is 1.64. The van der Waals surface area contributed by atoms with Gasteiger partial charge in [-0.05, 0) is 24.9 Å². The lowest BCUT2D eigenvalue weighted by atomic mass is 10.5. The van der Waals surface area contributed by atoms with Gasteiger partial charge in [-0.15, -0.1) is 0 Å². The Hall–Kier alpha value is -1.26. The molecule has 0 aliphatic rings. The van der Waals surface area contributed by atoms with Crippen LogP contribution in [0.25, 0.3) is 10.4 Å². The molecule has 0 unspecified atom stereocenters. The minimum Gasteiger partial charge on any atom is -0.231 e. The summed E-state index contributed by atoms with van der Waals surface area (Å²) in [4.78, 5) is 11.0. The maximum atomic E-state index is 8.05. The van der Waals surface area contributed by atoms with Crippen molar-refractivity contribution >= 4 is 11.8 Å². The third kappa shape index (κ3) is 4.11. The zero-order valence-corrected chi connectivity index (χ0v) is 8.74. The standard InChI is InChI=1S/C8H11N5S/c1-7-3-5-10-8(12-7)14-6-2-4-11-13-9/h3,5H,2,4,6H2,1H3. The summed E-state index contributed by atoms with van der Waals surface area (Å²) in [5, 5.41) is 4.23. The maximum Gasteiger partial charge on any atom is 0.187 e. The molecule has 0 aliphatic carbocycles. The van der Waals surface area contributed by atoms with Crippen molar-refractivity contribution in [3.8, 4) is 0 Å². The van der Waals surface area contributed by atoms with Gasteiger partial charge < -0.3 is 0 Å². The Morgan fingerprint density at radius 1 is 1.64 bits per heavy atom. The molecule has 6 heteroatoms. The van der Waals surface area contributed by atoms with Crippen molar-refractivity contribution in [3.63, 3.8) is 0 Å². The summed E-state index contributed by atoms with van der Waals surface area (Å²) in [5.41, 5.74) is 9.02. The van der Waals surface area contributed by atoms with Crippen molar-refractivity contribution < 1.29 is 0 Å². The molecule has 0 bridgehead atoms. The maximum absolute atomic E-state index is 8.05. The van der Waals surface area contributed by atoms with E-state index in [9.17, 15) is 0 Å². The van der Waals surface area contributed by atoms with Crippen LogP contribution in [0.4, 0.5) is 0 Å². The van der Waals surface area contributed by atoms with Crippen LogP contribution in [-0.2, 0) is 0 Å². The van der Waals surface area contributed by atoms with E-state index in [0.29, 0.717) is 6.54 Å². The molecular weight excluding hydrogens is 198 g/mol. The SMILES string of the molecule is Cc1ccnc(SCCCN=[N+]=[N-])n1. The van der Waals surface area contributed by atoms with Crippen LogP contribution in [0.1, 0.15) is 12.1 Å². The number of nitrogens with zero attached hydrogens (tertiary/aromatic N) is 5. The number of hydrogen-bond acceptors (Lipinski definition) is 4. The number of azide groups is 1. The first-order valence-electron chi connectivity index (χ1n) is 4.26. The average Bonchev–Trinajstić information content (AvgIpc) is 2.18. The van der Waals surface area contributed by atoms with Crippen LogP contribution in [0.5, 0.6) is 0 Å². The number of thioether (sulfide) groups is 1. The van der Waals surface area contributed by atoms with Gasteiger partial charge in [-0.25, -0.2) is 9.97 Å². The first-order chi connectivity index (χ1) is 6.83. The van der Waals surface area contributed by atoms with Crippen molar-refractivity contribution in [1.29, 1.82) is 0 Å². The van der Waals surface area contributed by atoms with E-state index in [-0.39, 0.29) is 0 Å². The molecule has 14 heavy (non-hydrogen) atoms.